The van der Waals surface area contributed by atoms with Gasteiger partial charge in [0.1, 0.15) is 23.4 Å². The Kier molecular flexibility index (Phi) is 4.27. The smallest absolute Gasteiger partial charge is 0.189 e. The van der Waals surface area contributed by atoms with Crippen molar-refractivity contribution >= 4 is 11.9 Å². The van der Waals surface area contributed by atoms with E-state index in [-0.39, 0.29) is 22.8 Å². The van der Waals surface area contributed by atoms with Gasteiger partial charge >= 0.3 is 0 Å². The Balaban J connectivity index is 1.83. The van der Waals surface area contributed by atoms with E-state index in [0.29, 0.717) is 17.7 Å². The zero-order chi connectivity index (χ0) is 18.2. The Morgan fingerprint density at radius 1 is 1.16 bits per heavy atom. The maximum atomic E-state index is 12.4. The first-order valence-corrected chi connectivity index (χ1v) is 8.01. The third-order valence-electron chi connectivity index (χ3n) is 4.27. The number of hydrogen-bond acceptors (Lipinski definition) is 5. The first kappa shape index (κ1) is 17.0. The summed E-state index contributed by atoms with van der Waals surface area (Å²) in [6, 6.07) is 9.59. The predicted molar refractivity (Wildman–Crippen MR) is 94.0 cm³/mol. The lowest BCUT2D eigenvalue weighted by molar-refractivity contribution is -0.0229. The minimum atomic E-state index is -1.05. The van der Waals surface area contributed by atoms with Crippen molar-refractivity contribution in [2.24, 2.45) is 0 Å². The highest BCUT2D eigenvalue weighted by molar-refractivity contribution is 6.09. The fraction of sp³-hybridized carbons (Fsp3) is 0.250. The fourth-order valence-electron chi connectivity index (χ4n) is 2.75. The van der Waals surface area contributed by atoms with Crippen molar-refractivity contribution in [2.45, 2.75) is 32.0 Å². The molecule has 1 heterocycles. The highest BCUT2D eigenvalue weighted by Gasteiger charge is 2.37. The molecular formula is C20H20O5. The van der Waals surface area contributed by atoms with Crippen molar-refractivity contribution < 1.29 is 24.9 Å². The molecule has 0 aliphatic carbocycles. The summed E-state index contributed by atoms with van der Waals surface area (Å²) in [7, 11) is 0. The number of fused-ring (bicyclic) bond motifs is 1. The van der Waals surface area contributed by atoms with Crippen LogP contribution in [0.25, 0.3) is 6.08 Å². The van der Waals surface area contributed by atoms with E-state index in [1.54, 1.807) is 38.1 Å². The highest BCUT2D eigenvalue weighted by atomic mass is 16.5. The topological polar surface area (TPSA) is 87.0 Å². The van der Waals surface area contributed by atoms with Crippen LogP contribution < -0.4 is 4.74 Å². The van der Waals surface area contributed by atoms with Crippen LogP contribution in [0.2, 0.25) is 0 Å². The normalized spacial score (nSPS) is 16.7. The van der Waals surface area contributed by atoms with E-state index in [9.17, 15) is 20.1 Å². The van der Waals surface area contributed by atoms with Gasteiger partial charge in [0.25, 0.3) is 0 Å². The monoisotopic (exact) mass is 340 g/mol. The number of hydrogen-bond donors (Lipinski definition) is 3. The lowest BCUT2D eigenvalue weighted by atomic mass is 9.95. The molecule has 1 aliphatic heterocycles. The predicted octanol–water partition coefficient (Wildman–Crippen LogP) is 3.07. The average molecular weight is 340 g/mol. The second-order valence-electron chi connectivity index (χ2n) is 6.69. The molecule has 1 atom stereocenters. The Labute approximate surface area is 145 Å². The summed E-state index contributed by atoms with van der Waals surface area (Å²) in [6.45, 7) is 3.29. The quantitative estimate of drug-likeness (QED) is 0.588. The van der Waals surface area contributed by atoms with Gasteiger partial charge in [-0.05, 0) is 49.8 Å². The maximum Gasteiger partial charge on any atom is 0.189 e. The minimum absolute atomic E-state index is 0.107. The molecule has 0 radical (unpaired) electrons. The average Bonchev–Trinajstić information content (AvgIpc) is 3.00. The van der Waals surface area contributed by atoms with Crippen molar-refractivity contribution in [2.75, 3.05) is 0 Å². The number of benzene rings is 2. The molecule has 0 saturated carbocycles. The van der Waals surface area contributed by atoms with Gasteiger partial charge in [-0.15, -0.1) is 0 Å². The lowest BCUT2D eigenvalue weighted by Gasteiger charge is -2.24. The number of aromatic hydroxyl groups is 2. The molecule has 0 spiro atoms. The summed E-state index contributed by atoms with van der Waals surface area (Å²) in [6.07, 6.45) is 2.86. The van der Waals surface area contributed by atoms with Crippen LogP contribution in [-0.4, -0.2) is 32.8 Å². The molecule has 130 valence electrons. The number of carbonyl (C=O) groups excluding carboxylic acids is 1. The van der Waals surface area contributed by atoms with Crippen LogP contribution >= 0.6 is 0 Å². The van der Waals surface area contributed by atoms with Gasteiger partial charge in [-0.1, -0.05) is 18.2 Å². The highest BCUT2D eigenvalue weighted by Crippen LogP contribution is 2.40. The van der Waals surface area contributed by atoms with Gasteiger partial charge in [0, 0.05) is 12.0 Å². The molecule has 2 aromatic rings. The molecule has 3 N–H and O–H groups in total. The second-order valence-corrected chi connectivity index (χ2v) is 6.69. The number of rotatable bonds is 4. The van der Waals surface area contributed by atoms with Crippen LogP contribution in [0.15, 0.2) is 42.5 Å². The second kappa shape index (κ2) is 6.26. The van der Waals surface area contributed by atoms with Crippen molar-refractivity contribution in [1.82, 2.24) is 0 Å². The molecular weight excluding hydrogens is 320 g/mol. The van der Waals surface area contributed by atoms with Gasteiger partial charge < -0.3 is 20.1 Å². The minimum Gasteiger partial charge on any atom is -0.508 e. The molecule has 2 aromatic carbocycles. The first-order valence-electron chi connectivity index (χ1n) is 8.01. The van der Waals surface area contributed by atoms with E-state index < -0.39 is 11.7 Å². The van der Waals surface area contributed by atoms with Crippen LogP contribution in [0.1, 0.15) is 35.3 Å². The van der Waals surface area contributed by atoms with Gasteiger partial charge in [0.15, 0.2) is 5.78 Å². The Hall–Kier alpha value is -2.79. The summed E-state index contributed by atoms with van der Waals surface area (Å²) in [4.78, 5) is 12.4. The van der Waals surface area contributed by atoms with Crippen molar-refractivity contribution in [3.05, 3.63) is 59.2 Å². The third-order valence-corrected chi connectivity index (χ3v) is 4.27. The molecule has 0 saturated heterocycles. The largest absolute Gasteiger partial charge is 0.508 e. The Bertz CT molecular complexity index is 828. The van der Waals surface area contributed by atoms with Crippen LogP contribution in [-0.2, 0) is 6.42 Å². The Morgan fingerprint density at radius 3 is 2.48 bits per heavy atom. The fourth-order valence-corrected chi connectivity index (χ4v) is 2.75. The molecule has 0 unspecified atom stereocenters. The summed E-state index contributed by atoms with van der Waals surface area (Å²) < 4.78 is 5.66. The van der Waals surface area contributed by atoms with Crippen LogP contribution in [0, 0.1) is 0 Å². The molecule has 0 aromatic heterocycles. The van der Waals surface area contributed by atoms with E-state index in [1.165, 1.54) is 24.3 Å². The van der Waals surface area contributed by atoms with E-state index in [4.69, 9.17) is 4.74 Å². The standard InChI is InChI=1S/C20H20O5/c1-20(2,24)18-11-15-17(25-18)10-8-14(19(15)23)16(22)9-5-12-3-6-13(21)7-4-12/h3-10,18,21,23-24H,11H2,1-2H3/t18-/m0/s1. The van der Waals surface area contributed by atoms with E-state index in [2.05, 4.69) is 0 Å². The molecule has 5 nitrogen and oxygen atoms in total. The summed E-state index contributed by atoms with van der Waals surface area (Å²) in [5.41, 5.74) is 0.441. The lowest BCUT2D eigenvalue weighted by Crippen LogP contribution is -2.39. The maximum absolute atomic E-state index is 12.4. The zero-order valence-corrected chi connectivity index (χ0v) is 14.1. The first-order chi connectivity index (χ1) is 11.8. The molecule has 1 aliphatic rings. The third kappa shape index (κ3) is 3.51. The molecule has 0 amide bonds. The number of phenolic OH excluding ortho intramolecular Hbond substituents is 2. The number of phenols is 2. The van der Waals surface area contributed by atoms with Crippen LogP contribution in [0.3, 0.4) is 0 Å². The van der Waals surface area contributed by atoms with Gasteiger partial charge in [-0.25, -0.2) is 0 Å². The van der Waals surface area contributed by atoms with Gasteiger partial charge in [-0.2, -0.15) is 0 Å². The van der Waals surface area contributed by atoms with Crippen LogP contribution in [0.5, 0.6) is 17.2 Å². The number of ether oxygens (including phenoxy) is 1. The molecule has 25 heavy (non-hydrogen) atoms. The summed E-state index contributed by atoms with van der Waals surface area (Å²) in [5, 5.41) is 29.8. The summed E-state index contributed by atoms with van der Waals surface area (Å²) in [5.74, 6) is 0.203. The Morgan fingerprint density at radius 2 is 1.84 bits per heavy atom. The van der Waals surface area contributed by atoms with Crippen LogP contribution in [0.4, 0.5) is 0 Å². The van der Waals surface area contributed by atoms with Gasteiger partial charge in [0.2, 0.25) is 0 Å². The van der Waals surface area contributed by atoms with Crippen molar-refractivity contribution in [1.29, 1.82) is 0 Å². The molecule has 5 heteroatoms. The SMILES string of the molecule is CC(C)(O)[C@@H]1Cc2c(ccc(C(=O)C=Cc3ccc(O)cc3)c2O)O1. The number of ketones is 1. The number of aliphatic hydroxyl groups is 1. The summed E-state index contributed by atoms with van der Waals surface area (Å²) >= 11 is 0. The van der Waals surface area contributed by atoms with E-state index >= 15 is 0 Å². The number of allylic oxidation sites excluding steroid dienone is 1. The molecule has 0 fully saturated rings. The molecule has 0 bridgehead atoms. The van der Waals surface area contributed by atoms with E-state index in [0.717, 1.165) is 5.56 Å². The van der Waals surface area contributed by atoms with Gasteiger partial charge in [0.05, 0.1) is 11.2 Å². The van der Waals surface area contributed by atoms with Crippen molar-refractivity contribution in [3.8, 4) is 17.2 Å². The van der Waals surface area contributed by atoms with Gasteiger partial charge in [-0.3, -0.25) is 4.79 Å². The molecule has 3 rings (SSSR count). The van der Waals surface area contributed by atoms with E-state index in [1.807, 2.05) is 0 Å². The number of carbonyl (C=O) groups is 1. The van der Waals surface area contributed by atoms with Crippen molar-refractivity contribution in [3.63, 3.8) is 0 Å². The zero-order valence-electron chi connectivity index (χ0n) is 14.1.